The van der Waals surface area contributed by atoms with Crippen molar-refractivity contribution < 1.29 is 4.79 Å². The van der Waals surface area contributed by atoms with Crippen LogP contribution in [0.3, 0.4) is 0 Å². The highest BCUT2D eigenvalue weighted by Crippen LogP contribution is 2.24. The second kappa shape index (κ2) is 3.69. The lowest BCUT2D eigenvalue weighted by atomic mass is 10.0. The molecular weight excluding hydrogens is 216 g/mol. The van der Waals surface area contributed by atoms with Gasteiger partial charge in [-0.25, -0.2) is 4.68 Å². The molecule has 0 saturated heterocycles. The van der Waals surface area contributed by atoms with Crippen molar-refractivity contribution in [2.75, 3.05) is 11.9 Å². The summed E-state index contributed by atoms with van der Waals surface area (Å²) in [7, 11) is 1.71. The number of benzene rings is 1. The molecule has 1 aromatic heterocycles. The second-order valence-electron chi connectivity index (χ2n) is 4.12. The molecule has 0 fully saturated rings. The van der Waals surface area contributed by atoms with Gasteiger partial charge in [-0.05, 0) is 18.1 Å². The Bertz CT molecular complexity index is 588. The lowest BCUT2D eigenvalue weighted by molar-refractivity contribution is 0.103. The SMILES string of the molecule is Cn1nncc1C(=O)c1ccc2c(c1)NCC2. The Morgan fingerprint density at radius 2 is 2.35 bits per heavy atom. The van der Waals surface area contributed by atoms with Gasteiger partial charge in [0, 0.05) is 24.8 Å². The van der Waals surface area contributed by atoms with E-state index in [-0.39, 0.29) is 5.78 Å². The maximum Gasteiger partial charge on any atom is 0.212 e. The number of hydrogen-bond donors (Lipinski definition) is 1. The van der Waals surface area contributed by atoms with Crippen molar-refractivity contribution in [3.63, 3.8) is 0 Å². The van der Waals surface area contributed by atoms with E-state index in [0.717, 1.165) is 18.7 Å². The molecule has 0 radical (unpaired) electrons. The summed E-state index contributed by atoms with van der Waals surface area (Å²) in [6.45, 7) is 0.945. The van der Waals surface area contributed by atoms with Gasteiger partial charge in [0.05, 0.1) is 6.20 Å². The molecule has 1 aliphatic rings. The molecule has 1 aromatic carbocycles. The molecule has 3 rings (SSSR count). The highest BCUT2D eigenvalue weighted by atomic mass is 16.1. The van der Waals surface area contributed by atoms with Crippen LogP contribution in [-0.4, -0.2) is 27.3 Å². The molecule has 2 aromatic rings. The quantitative estimate of drug-likeness (QED) is 0.779. The van der Waals surface area contributed by atoms with Crippen LogP contribution in [0.25, 0.3) is 0 Å². The molecule has 0 spiro atoms. The van der Waals surface area contributed by atoms with Gasteiger partial charge in [0.15, 0.2) is 0 Å². The summed E-state index contributed by atoms with van der Waals surface area (Å²) in [5, 5.41) is 10.7. The zero-order valence-corrected chi connectivity index (χ0v) is 9.47. The summed E-state index contributed by atoms with van der Waals surface area (Å²) >= 11 is 0. The molecule has 0 saturated carbocycles. The van der Waals surface area contributed by atoms with Crippen LogP contribution in [0.15, 0.2) is 24.4 Å². The molecule has 0 unspecified atom stereocenters. The Balaban J connectivity index is 2.00. The first-order valence-corrected chi connectivity index (χ1v) is 5.52. The Kier molecular flexibility index (Phi) is 2.18. The normalized spacial score (nSPS) is 13.2. The number of nitrogens with one attached hydrogen (secondary N) is 1. The number of aromatic nitrogens is 3. The van der Waals surface area contributed by atoms with Gasteiger partial charge < -0.3 is 5.32 Å². The van der Waals surface area contributed by atoms with Gasteiger partial charge in [-0.2, -0.15) is 0 Å². The van der Waals surface area contributed by atoms with E-state index in [4.69, 9.17) is 0 Å². The molecular formula is C12H12N4O. The van der Waals surface area contributed by atoms with Crippen LogP contribution < -0.4 is 5.32 Å². The average molecular weight is 228 g/mol. The number of aryl methyl sites for hydroxylation is 1. The van der Waals surface area contributed by atoms with E-state index in [1.807, 2.05) is 18.2 Å². The van der Waals surface area contributed by atoms with Gasteiger partial charge >= 0.3 is 0 Å². The molecule has 5 nitrogen and oxygen atoms in total. The predicted octanol–water partition coefficient (Wildman–Crippen LogP) is 1.01. The summed E-state index contributed by atoms with van der Waals surface area (Å²) in [5.41, 5.74) is 3.50. The minimum Gasteiger partial charge on any atom is -0.384 e. The van der Waals surface area contributed by atoms with Crippen LogP contribution in [0, 0.1) is 0 Å². The fourth-order valence-electron chi connectivity index (χ4n) is 2.08. The number of anilines is 1. The van der Waals surface area contributed by atoms with Gasteiger partial charge in [0.1, 0.15) is 5.69 Å². The van der Waals surface area contributed by atoms with Crippen molar-refractivity contribution in [2.45, 2.75) is 6.42 Å². The van der Waals surface area contributed by atoms with E-state index in [0.29, 0.717) is 11.3 Å². The van der Waals surface area contributed by atoms with Crippen molar-refractivity contribution in [3.05, 3.63) is 41.2 Å². The van der Waals surface area contributed by atoms with Crippen LogP contribution in [0.2, 0.25) is 0 Å². The zero-order chi connectivity index (χ0) is 11.8. The van der Waals surface area contributed by atoms with Crippen molar-refractivity contribution in [1.82, 2.24) is 15.0 Å². The van der Waals surface area contributed by atoms with E-state index in [2.05, 4.69) is 15.6 Å². The summed E-state index contributed by atoms with van der Waals surface area (Å²) in [4.78, 5) is 12.2. The van der Waals surface area contributed by atoms with Crippen LogP contribution in [0.5, 0.6) is 0 Å². The summed E-state index contributed by atoms with van der Waals surface area (Å²) in [6.07, 6.45) is 2.51. The minimum atomic E-state index is -0.0472. The van der Waals surface area contributed by atoms with Gasteiger partial charge in [-0.3, -0.25) is 4.79 Å². The summed E-state index contributed by atoms with van der Waals surface area (Å²) in [6, 6.07) is 5.77. The maximum absolute atomic E-state index is 12.2. The van der Waals surface area contributed by atoms with Gasteiger partial charge in [0.25, 0.3) is 0 Å². The molecule has 0 bridgehead atoms. The Hall–Kier alpha value is -2.17. The van der Waals surface area contributed by atoms with Crippen LogP contribution in [0.1, 0.15) is 21.6 Å². The first kappa shape index (κ1) is 10.0. The maximum atomic E-state index is 12.2. The first-order chi connectivity index (χ1) is 8.25. The molecule has 2 heterocycles. The average Bonchev–Trinajstić information content (AvgIpc) is 2.95. The lowest BCUT2D eigenvalue weighted by Crippen LogP contribution is -2.08. The second-order valence-corrected chi connectivity index (χ2v) is 4.12. The third kappa shape index (κ3) is 1.60. The number of rotatable bonds is 2. The molecule has 0 amide bonds. The minimum absolute atomic E-state index is 0.0472. The molecule has 17 heavy (non-hydrogen) atoms. The monoisotopic (exact) mass is 228 g/mol. The van der Waals surface area contributed by atoms with Gasteiger partial charge in [-0.15, -0.1) is 5.10 Å². The smallest absolute Gasteiger partial charge is 0.212 e. The van der Waals surface area contributed by atoms with E-state index in [1.54, 1.807) is 7.05 Å². The molecule has 1 N–H and O–H groups in total. The fraction of sp³-hybridized carbons (Fsp3) is 0.250. The summed E-state index contributed by atoms with van der Waals surface area (Å²) in [5.74, 6) is -0.0472. The zero-order valence-electron chi connectivity index (χ0n) is 9.47. The number of fused-ring (bicyclic) bond motifs is 1. The molecule has 0 atom stereocenters. The number of carbonyl (C=O) groups excluding carboxylic acids is 1. The van der Waals surface area contributed by atoms with Crippen LogP contribution in [-0.2, 0) is 13.5 Å². The highest BCUT2D eigenvalue weighted by Gasteiger charge is 2.17. The van der Waals surface area contributed by atoms with Gasteiger partial charge in [0.2, 0.25) is 5.78 Å². The van der Waals surface area contributed by atoms with Crippen LogP contribution >= 0.6 is 0 Å². The number of ketones is 1. The van der Waals surface area contributed by atoms with E-state index >= 15 is 0 Å². The third-order valence-corrected chi connectivity index (χ3v) is 3.03. The number of nitrogens with zero attached hydrogens (tertiary/aromatic N) is 3. The Morgan fingerprint density at radius 3 is 3.12 bits per heavy atom. The van der Waals surface area contributed by atoms with Crippen molar-refractivity contribution in [1.29, 1.82) is 0 Å². The predicted molar refractivity (Wildman–Crippen MR) is 63.1 cm³/mol. The van der Waals surface area contributed by atoms with Crippen molar-refractivity contribution in [2.24, 2.45) is 7.05 Å². The number of carbonyl (C=O) groups is 1. The van der Waals surface area contributed by atoms with E-state index in [9.17, 15) is 4.79 Å². The molecule has 86 valence electrons. The highest BCUT2D eigenvalue weighted by molar-refractivity contribution is 6.08. The Labute approximate surface area is 98.4 Å². The molecule has 5 heteroatoms. The Morgan fingerprint density at radius 1 is 1.47 bits per heavy atom. The van der Waals surface area contributed by atoms with E-state index in [1.165, 1.54) is 16.4 Å². The van der Waals surface area contributed by atoms with Crippen molar-refractivity contribution in [3.8, 4) is 0 Å². The summed E-state index contributed by atoms with van der Waals surface area (Å²) < 4.78 is 1.49. The number of hydrogen-bond acceptors (Lipinski definition) is 4. The molecule has 0 aliphatic carbocycles. The third-order valence-electron chi connectivity index (χ3n) is 3.03. The van der Waals surface area contributed by atoms with Crippen LogP contribution in [0.4, 0.5) is 5.69 Å². The molecule has 1 aliphatic heterocycles. The fourth-order valence-corrected chi connectivity index (χ4v) is 2.08. The lowest BCUT2D eigenvalue weighted by Gasteiger charge is -2.04. The topological polar surface area (TPSA) is 59.8 Å². The first-order valence-electron chi connectivity index (χ1n) is 5.52. The standard InChI is InChI=1S/C12H12N4O/c1-16-11(7-14-15-16)12(17)9-3-2-8-4-5-13-10(8)6-9/h2-3,6-7,13H,4-5H2,1H3. The van der Waals surface area contributed by atoms with E-state index < -0.39 is 0 Å². The largest absolute Gasteiger partial charge is 0.384 e. The van der Waals surface area contributed by atoms with Gasteiger partial charge in [-0.1, -0.05) is 17.3 Å². The van der Waals surface area contributed by atoms with Crippen molar-refractivity contribution >= 4 is 11.5 Å².